The minimum atomic E-state index is -0.938. The Morgan fingerprint density at radius 1 is 1.06 bits per heavy atom. The molecule has 5 rings (SSSR count). The molecular formula is C31H49O5-. The molecule has 5 nitrogen and oxygen atoms in total. The predicted molar refractivity (Wildman–Crippen MR) is 137 cm³/mol. The van der Waals surface area contributed by atoms with Crippen molar-refractivity contribution in [2.45, 2.75) is 124 Å². The molecule has 0 aromatic heterocycles. The number of rotatable bonds is 7. The zero-order chi connectivity index (χ0) is 25.7. The van der Waals surface area contributed by atoms with E-state index in [1.165, 1.54) is 12.8 Å². The van der Waals surface area contributed by atoms with Crippen LogP contribution >= 0.6 is 0 Å². The summed E-state index contributed by atoms with van der Waals surface area (Å²) in [6.45, 7) is 10.2. The summed E-state index contributed by atoms with van der Waals surface area (Å²) >= 11 is 0. The first-order valence-electron chi connectivity index (χ1n) is 15.2. The second kappa shape index (κ2) is 10.3. The molecule has 5 unspecified atom stereocenters. The number of carbonyl (C=O) groups excluding carboxylic acids is 2. The van der Waals surface area contributed by atoms with Gasteiger partial charge in [0.15, 0.2) is 6.29 Å². The summed E-state index contributed by atoms with van der Waals surface area (Å²) in [5, 5.41) is 11.1. The Kier molecular flexibility index (Phi) is 7.64. The van der Waals surface area contributed by atoms with E-state index >= 15 is 0 Å². The zero-order valence-electron chi connectivity index (χ0n) is 23.1. The van der Waals surface area contributed by atoms with Gasteiger partial charge >= 0.3 is 0 Å². The summed E-state index contributed by atoms with van der Waals surface area (Å²) in [4.78, 5) is 25.4. The van der Waals surface area contributed by atoms with Crippen LogP contribution < -0.4 is 5.11 Å². The quantitative estimate of drug-likeness (QED) is 0.428. The number of Topliss-reactive ketones (excluding diaryl/α,β-unsaturated/α-hetero) is 1. The summed E-state index contributed by atoms with van der Waals surface area (Å²) in [5.74, 6) is 2.19. The molecule has 5 fully saturated rings. The van der Waals surface area contributed by atoms with Crippen molar-refractivity contribution in [3.8, 4) is 0 Å². The maximum Gasteiger partial charge on any atom is 0.157 e. The van der Waals surface area contributed by atoms with Crippen LogP contribution in [0.4, 0.5) is 0 Å². The van der Waals surface area contributed by atoms with Gasteiger partial charge in [0.05, 0.1) is 6.10 Å². The van der Waals surface area contributed by atoms with Gasteiger partial charge < -0.3 is 19.4 Å². The fourth-order valence-corrected chi connectivity index (χ4v) is 10.3. The summed E-state index contributed by atoms with van der Waals surface area (Å²) in [5.41, 5.74) is 0.370. The van der Waals surface area contributed by atoms with E-state index in [2.05, 4.69) is 27.7 Å². The Labute approximate surface area is 218 Å². The Morgan fingerprint density at radius 3 is 2.50 bits per heavy atom. The van der Waals surface area contributed by atoms with Crippen LogP contribution in [-0.2, 0) is 19.1 Å². The highest BCUT2D eigenvalue weighted by Crippen LogP contribution is 2.68. The number of hydrogen-bond acceptors (Lipinski definition) is 5. The Balaban J connectivity index is 1.34. The highest BCUT2D eigenvalue weighted by Gasteiger charge is 2.65. The van der Waals surface area contributed by atoms with E-state index in [1.54, 1.807) is 0 Å². The number of hydrogen-bond donors (Lipinski definition) is 0. The smallest absolute Gasteiger partial charge is 0.157 e. The van der Waals surface area contributed by atoms with Crippen LogP contribution in [-0.4, -0.2) is 30.8 Å². The lowest BCUT2D eigenvalue weighted by Crippen LogP contribution is -2.61. The standard InChI is InChI=1S/C31H50O5/c1-5-21-25-18-20(36-27-8-6-7-17-35-27)13-15-31(25,4)24-14-16-30(3)22(19(2)9-12-26(32)33)10-11-23(30)28(24)29(21)34/h19-25,27-28H,5-18H2,1-4H3,(H,32,33)/p-1/t19-,20-,21-,22?,23?,24?,25+,27?,28?,30-,31-/m1/s1. The topological polar surface area (TPSA) is 75.7 Å². The molecule has 0 aromatic carbocycles. The molecule has 0 aromatic rings. The van der Waals surface area contributed by atoms with Crippen LogP contribution in [0.15, 0.2) is 0 Å². The fraction of sp³-hybridized carbons (Fsp3) is 0.935. The van der Waals surface area contributed by atoms with Gasteiger partial charge in [0, 0.05) is 24.4 Å². The van der Waals surface area contributed by atoms with E-state index in [-0.39, 0.29) is 41.5 Å². The van der Waals surface area contributed by atoms with Gasteiger partial charge in [-0.3, -0.25) is 4.79 Å². The average molecular weight is 502 g/mol. The second-order valence-electron chi connectivity index (χ2n) is 13.7. The third kappa shape index (κ3) is 4.48. The van der Waals surface area contributed by atoms with Crippen molar-refractivity contribution in [3.63, 3.8) is 0 Å². The highest BCUT2D eigenvalue weighted by molar-refractivity contribution is 5.86. The third-order valence-corrected chi connectivity index (χ3v) is 12.2. The molecule has 11 atom stereocenters. The monoisotopic (exact) mass is 501 g/mol. The molecule has 1 saturated heterocycles. The van der Waals surface area contributed by atoms with Crippen molar-refractivity contribution >= 4 is 11.8 Å². The lowest BCUT2D eigenvalue weighted by molar-refractivity contribution is -0.306. The van der Waals surface area contributed by atoms with Gasteiger partial charge in [-0.2, -0.15) is 0 Å². The summed E-state index contributed by atoms with van der Waals surface area (Å²) in [7, 11) is 0. The van der Waals surface area contributed by atoms with Crippen molar-refractivity contribution < 1.29 is 24.2 Å². The van der Waals surface area contributed by atoms with Crippen LogP contribution in [0.2, 0.25) is 0 Å². The maximum atomic E-state index is 14.3. The molecule has 204 valence electrons. The number of carboxylic acid groups (broad SMARTS) is 1. The Hall–Kier alpha value is -0.940. The largest absolute Gasteiger partial charge is 0.550 e. The van der Waals surface area contributed by atoms with Crippen molar-refractivity contribution in [1.82, 2.24) is 0 Å². The number of fused-ring (bicyclic) bond motifs is 5. The van der Waals surface area contributed by atoms with Crippen LogP contribution in [0.1, 0.15) is 111 Å². The number of carbonyl (C=O) groups is 2. The van der Waals surface area contributed by atoms with Crippen LogP contribution in [0, 0.1) is 52.3 Å². The molecule has 1 heterocycles. The maximum absolute atomic E-state index is 14.3. The normalized spacial score (nSPS) is 47.5. The van der Waals surface area contributed by atoms with E-state index in [1.807, 2.05) is 0 Å². The summed E-state index contributed by atoms with van der Waals surface area (Å²) < 4.78 is 12.4. The van der Waals surface area contributed by atoms with Gasteiger partial charge in [0.1, 0.15) is 5.78 Å². The van der Waals surface area contributed by atoms with Crippen LogP contribution in [0.25, 0.3) is 0 Å². The molecule has 0 bridgehead atoms. The molecule has 0 radical (unpaired) electrons. The van der Waals surface area contributed by atoms with Crippen LogP contribution in [0.3, 0.4) is 0 Å². The van der Waals surface area contributed by atoms with Crippen molar-refractivity contribution in [1.29, 1.82) is 0 Å². The van der Waals surface area contributed by atoms with Gasteiger partial charge in [0.25, 0.3) is 0 Å². The van der Waals surface area contributed by atoms with Crippen LogP contribution in [0.5, 0.6) is 0 Å². The zero-order valence-corrected chi connectivity index (χ0v) is 23.1. The molecule has 4 aliphatic carbocycles. The lowest BCUT2D eigenvalue weighted by Gasteiger charge is -2.62. The first-order valence-corrected chi connectivity index (χ1v) is 15.2. The average Bonchev–Trinajstić information content (AvgIpc) is 3.21. The molecule has 4 saturated carbocycles. The van der Waals surface area contributed by atoms with E-state index in [0.29, 0.717) is 41.8 Å². The number of ether oxygens (including phenoxy) is 2. The second-order valence-corrected chi connectivity index (χ2v) is 13.7. The van der Waals surface area contributed by atoms with E-state index in [0.717, 1.165) is 64.4 Å². The molecule has 0 N–H and O–H groups in total. The lowest BCUT2D eigenvalue weighted by atomic mass is 9.42. The molecule has 0 spiro atoms. The predicted octanol–water partition coefficient (Wildman–Crippen LogP) is 5.54. The number of aliphatic carboxylic acids is 1. The number of ketones is 1. The summed E-state index contributed by atoms with van der Waals surface area (Å²) in [6, 6.07) is 0. The molecular weight excluding hydrogens is 452 g/mol. The first-order chi connectivity index (χ1) is 17.2. The van der Waals surface area contributed by atoms with Crippen molar-refractivity contribution in [2.24, 2.45) is 52.3 Å². The molecule has 1 aliphatic heterocycles. The molecule has 36 heavy (non-hydrogen) atoms. The fourth-order valence-electron chi connectivity index (χ4n) is 10.3. The van der Waals surface area contributed by atoms with E-state index in [9.17, 15) is 14.7 Å². The van der Waals surface area contributed by atoms with Gasteiger partial charge in [0.2, 0.25) is 0 Å². The molecule has 5 aliphatic rings. The SMILES string of the molecule is CC[C@H]1C(=O)C2C3CCC([C@H](C)CCC(=O)[O-])[C@@]3(C)CCC2[C@@]2(C)CC[C@@H](OC3CCCCO3)C[C@@H]12. The number of carboxylic acids is 1. The molecule has 0 amide bonds. The third-order valence-electron chi connectivity index (χ3n) is 12.2. The van der Waals surface area contributed by atoms with E-state index in [4.69, 9.17) is 9.47 Å². The van der Waals surface area contributed by atoms with Gasteiger partial charge in [-0.1, -0.05) is 27.7 Å². The Morgan fingerprint density at radius 2 is 1.81 bits per heavy atom. The minimum Gasteiger partial charge on any atom is -0.550 e. The van der Waals surface area contributed by atoms with E-state index < -0.39 is 5.97 Å². The Bertz CT molecular complexity index is 820. The highest BCUT2D eigenvalue weighted by atomic mass is 16.7. The van der Waals surface area contributed by atoms with Gasteiger partial charge in [-0.25, -0.2) is 0 Å². The van der Waals surface area contributed by atoms with Crippen molar-refractivity contribution in [2.75, 3.05) is 6.61 Å². The minimum absolute atomic E-state index is 0.0510. The summed E-state index contributed by atoms with van der Waals surface area (Å²) in [6.07, 6.45) is 13.1. The van der Waals surface area contributed by atoms with Gasteiger partial charge in [-0.05, 0) is 124 Å². The molecule has 5 heteroatoms. The van der Waals surface area contributed by atoms with Crippen molar-refractivity contribution in [3.05, 3.63) is 0 Å². The van der Waals surface area contributed by atoms with Gasteiger partial charge in [-0.15, -0.1) is 0 Å². The first kappa shape index (κ1) is 26.7.